The predicted molar refractivity (Wildman–Crippen MR) is 139 cm³/mol. The highest BCUT2D eigenvalue weighted by Crippen LogP contribution is 2.28. The van der Waals surface area contributed by atoms with Gasteiger partial charge >= 0.3 is 12.1 Å². The number of nitrogens with two attached hydrogens (primary N) is 1. The highest BCUT2D eigenvalue weighted by molar-refractivity contribution is 5.80. The Morgan fingerprint density at radius 1 is 1.28 bits per heavy atom. The number of ether oxygens (including phenoxy) is 1. The average Bonchev–Trinajstić information content (AvgIpc) is 2.79. The minimum atomic E-state index is -4.47. The summed E-state index contributed by atoms with van der Waals surface area (Å²) in [6, 6.07) is -0.998. The summed E-state index contributed by atoms with van der Waals surface area (Å²) in [7, 11) is 0. The number of nitrogens with one attached hydrogen (secondary N) is 1. The maximum absolute atomic E-state index is 13.3. The van der Waals surface area contributed by atoms with Crippen LogP contribution in [0.2, 0.25) is 0 Å². The second-order valence-corrected chi connectivity index (χ2v) is 9.09. The largest absolute Gasteiger partial charge is 0.458 e. The Kier molecular flexibility index (Phi) is 12.0. The number of anilines is 2. The lowest BCUT2D eigenvalue weighted by atomic mass is 10.0. The van der Waals surface area contributed by atoms with E-state index in [2.05, 4.69) is 21.9 Å². The zero-order valence-corrected chi connectivity index (χ0v) is 22.2. The monoisotopic (exact) mass is 511 g/mol. The number of nitrogens with zero attached hydrogens (tertiary/aromatic N) is 3. The van der Waals surface area contributed by atoms with Crippen LogP contribution in [0.15, 0.2) is 42.3 Å². The molecule has 0 aromatic carbocycles. The van der Waals surface area contributed by atoms with E-state index in [0.717, 1.165) is 6.20 Å². The summed E-state index contributed by atoms with van der Waals surface area (Å²) in [5.74, 6) is -0.374. The van der Waals surface area contributed by atoms with Gasteiger partial charge < -0.3 is 20.7 Å². The molecule has 10 heteroatoms. The van der Waals surface area contributed by atoms with E-state index in [1.165, 1.54) is 0 Å². The van der Waals surface area contributed by atoms with Crippen LogP contribution in [-0.2, 0) is 16.0 Å². The fourth-order valence-electron chi connectivity index (χ4n) is 3.13. The maximum Gasteiger partial charge on any atom is 0.393 e. The van der Waals surface area contributed by atoms with Crippen molar-refractivity contribution in [1.29, 1.82) is 0 Å². The van der Waals surface area contributed by atoms with Gasteiger partial charge in [-0.3, -0.25) is 0 Å². The molecule has 1 rings (SSSR count). The van der Waals surface area contributed by atoms with E-state index in [-0.39, 0.29) is 23.8 Å². The molecule has 0 aliphatic rings. The minimum absolute atomic E-state index is 0.0537. The van der Waals surface area contributed by atoms with Crippen molar-refractivity contribution in [2.75, 3.05) is 23.3 Å². The summed E-state index contributed by atoms with van der Waals surface area (Å²) in [6.07, 6.45) is 1.88. The summed E-state index contributed by atoms with van der Waals surface area (Å²) in [5, 5.41) is 2.93. The van der Waals surface area contributed by atoms with Crippen molar-refractivity contribution in [1.82, 2.24) is 9.97 Å². The molecular formula is C26H40F3N5O2. The third kappa shape index (κ3) is 10.7. The van der Waals surface area contributed by atoms with Gasteiger partial charge in [-0.2, -0.15) is 18.2 Å². The molecule has 0 saturated carbocycles. The van der Waals surface area contributed by atoms with Gasteiger partial charge in [-0.15, -0.1) is 0 Å². The lowest BCUT2D eigenvalue weighted by Gasteiger charge is -2.28. The molecule has 3 N–H and O–H groups in total. The molecule has 0 fully saturated rings. The topological polar surface area (TPSA) is 93.4 Å². The summed E-state index contributed by atoms with van der Waals surface area (Å²) in [5.41, 5.74) is 6.13. The van der Waals surface area contributed by atoms with Crippen molar-refractivity contribution in [2.45, 2.75) is 85.0 Å². The number of esters is 1. The second-order valence-electron chi connectivity index (χ2n) is 9.09. The van der Waals surface area contributed by atoms with Crippen molar-refractivity contribution < 1.29 is 22.7 Å². The van der Waals surface area contributed by atoms with Gasteiger partial charge in [0.05, 0.1) is 6.42 Å². The van der Waals surface area contributed by atoms with Gasteiger partial charge in [0.25, 0.3) is 0 Å². The van der Waals surface area contributed by atoms with Crippen molar-refractivity contribution in [2.24, 2.45) is 5.73 Å². The summed E-state index contributed by atoms with van der Waals surface area (Å²) in [4.78, 5) is 23.5. The Morgan fingerprint density at radius 2 is 1.92 bits per heavy atom. The Balaban J connectivity index is 3.37. The van der Waals surface area contributed by atoms with E-state index in [0.29, 0.717) is 37.2 Å². The number of halogens is 3. The second kappa shape index (κ2) is 13.9. The summed E-state index contributed by atoms with van der Waals surface area (Å²) in [6.45, 7) is 16.2. The Bertz CT molecular complexity index is 938. The summed E-state index contributed by atoms with van der Waals surface area (Å²) < 4.78 is 45.6. The molecule has 1 heterocycles. The molecule has 36 heavy (non-hydrogen) atoms. The molecule has 0 amide bonds. The van der Waals surface area contributed by atoms with Crippen molar-refractivity contribution in [3.05, 3.63) is 47.8 Å². The molecule has 1 unspecified atom stereocenters. The average molecular weight is 512 g/mol. The highest BCUT2D eigenvalue weighted by Gasteiger charge is 2.32. The lowest BCUT2D eigenvalue weighted by Crippen LogP contribution is -2.38. The molecule has 7 nitrogen and oxygen atoms in total. The van der Waals surface area contributed by atoms with Gasteiger partial charge in [-0.05, 0) is 60.0 Å². The summed E-state index contributed by atoms with van der Waals surface area (Å²) >= 11 is 0. The van der Waals surface area contributed by atoms with E-state index in [1.54, 1.807) is 26.0 Å². The van der Waals surface area contributed by atoms with Crippen LogP contribution in [0.3, 0.4) is 0 Å². The third-order valence-electron chi connectivity index (χ3n) is 5.66. The fourth-order valence-corrected chi connectivity index (χ4v) is 3.13. The van der Waals surface area contributed by atoms with Gasteiger partial charge in [0.1, 0.15) is 17.5 Å². The molecule has 0 saturated heterocycles. The number of aromatic nitrogens is 2. The van der Waals surface area contributed by atoms with Crippen molar-refractivity contribution >= 4 is 17.7 Å². The lowest BCUT2D eigenvalue weighted by molar-refractivity contribution is -0.157. The van der Waals surface area contributed by atoms with Crippen LogP contribution < -0.4 is 16.0 Å². The first-order valence-corrected chi connectivity index (χ1v) is 12.2. The molecule has 0 aliphatic heterocycles. The molecule has 1 aromatic heterocycles. The number of hydrogen-bond donors (Lipinski definition) is 2. The molecule has 0 bridgehead atoms. The van der Waals surface area contributed by atoms with Crippen LogP contribution in [0.4, 0.5) is 24.9 Å². The Labute approximate surface area is 212 Å². The van der Waals surface area contributed by atoms with E-state index < -0.39 is 30.2 Å². The number of carbonyl (C=O) groups is 1. The fraction of sp³-hybridized carbons (Fsp3) is 0.577. The Morgan fingerprint density at radius 3 is 2.44 bits per heavy atom. The first-order valence-electron chi connectivity index (χ1n) is 12.2. The number of allylic oxidation sites excluding steroid dienone is 3. The quantitative estimate of drug-likeness (QED) is 0.188. The molecule has 202 valence electrons. The Hall–Kier alpha value is -3.04. The van der Waals surface area contributed by atoms with E-state index in [4.69, 9.17) is 10.5 Å². The SMILES string of the molecule is C=C(CC=C/C(N)=C\C)CC(Nc1nc(N(CC)CC)ncc1CC(F)(F)F)C(=O)OC(C)(C)CC. The van der Waals surface area contributed by atoms with Gasteiger partial charge in [0.2, 0.25) is 5.95 Å². The van der Waals surface area contributed by atoms with Crippen LogP contribution in [-0.4, -0.2) is 46.8 Å². The normalized spacial score (nSPS) is 13.5. The number of rotatable bonds is 14. The van der Waals surface area contributed by atoms with Crippen LogP contribution in [0.25, 0.3) is 0 Å². The molecular weight excluding hydrogens is 471 g/mol. The van der Waals surface area contributed by atoms with Gasteiger partial charge in [-0.1, -0.05) is 31.2 Å². The molecule has 0 radical (unpaired) electrons. The highest BCUT2D eigenvalue weighted by atomic mass is 19.4. The smallest absolute Gasteiger partial charge is 0.393 e. The van der Waals surface area contributed by atoms with Gasteiger partial charge in [-0.25, -0.2) is 9.78 Å². The zero-order valence-electron chi connectivity index (χ0n) is 22.2. The predicted octanol–water partition coefficient (Wildman–Crippen LogP) is 5.70. The van der Waals surface area contributed by atoms with Crippen LogP contribution in [0.1, 0.15) is 66.4 Å². The molecule has 0 spiro atoms. The van der Waals surface area contributed by atoms with E-state index in [9.17, 15) is 18.0 Å². The van der Waals surface area contributed by atoms with Crippen molar-refractivity contribution in [3.8, 4) is 0 Å². The first-order chi connectivity index (χ1) is 16.7. The molecule has 1 aromatic rings. The van der Waals surface area contributed by atoms with Crippen LogP contribution >= 0.6 is 0 Å². The van der Waals surface area contributed by atoms with E-state index in [1.807, 2.05) is 38.7 Å². The molecule has 0 aliphatic carbocycles. The number of carbonyl (C=O) groups excluding carboxylic acids is 1. The van der Waals surface area contributed by atoms with Gasteiger partial charge in [0.15, 0.2) is 0 Å². The van der Waals surface area contributed by atoms with Crippen molar-refractivity contribution in [3.63, 3.8) is 0 Å². The maximum atomic E-state index is 13.3. The van der Waals surface area contributed by atoms with Crippen LogP contribution in [0.5, 0.6) is 0 Å². The molecule has 1 atom stereocenters. The van der Waals surface area contributed by atoms with Gasteiger partial charge in [0, 0.05) is 30.5 Å². The van der Waals surface area contributed by atoms with E-state index >= 15 is 0 Å². The zero-order chi connectivity index (χ0) is 27.5. The van der Waals surface area contributed by atoms with Crippen LogP contribution in [0, 0.1) is 0 Å². The minimum Gasteiger partial charge on any atom is -0.458 e. The number of hydrogen-bond acceptors (Lipinski definition) is 7. The first kappa shape index (κ1) is 31.0. The number of alkyl halides is 3. The standard InChI is InChI=1S/C26H40F3N5O2/c1-8-20(30)14-12-13-18(5)15-21(23(35)36-25(6,7)9-2)32-22-19(16-26(27,28)29)17-31-24(33-22)34(10-3)11-4/h8,12,14,17,21H,5,9-11,13,15-16,30H2,1-4,6-7H3,(H,31,32,33)/b14-12?,20-8+. The third-order valence-corrected chi connectivity index (χ3v) is 5.66.